The Kier molecular flexibility index (Phi) is 5.55. The number of amides is 1. The van der Waals surface area contributed by atoms with Crippen molar-refractivity contribution in [2.45, 2.75) is 6.42 Å². The zero-order valence-electron chi connectivity index (χ0n) is 16.4. The highest BCUT2D eigenvalue weighted by molar-refractivity contribution is 6.30. The van der Waals surface area contributed by atoms with Crippen LogP contribution in [0, 0.1) is 10.1 Å². The highest BCUT2D eigenvalue weighted by atomic mass is 35.5. The van der Waals surface area contributed by atoms with E-state index in [2.05, 4.69) is 10.3 Å². The molecule has 1 N–H and O–H groups in total. The maximum absolute atomic E-state index is 12.9. The molecule has 4 rings (SSSR count). The number of aromatic nitrogens is 2. The van der Waals surface area contributed by atoms with E-state index in [0.717, 1.165) is 5.56 Å². The van der Waals surface area contributed by atoms with Gasteiger partial charge in [0, 0.05) is 28.9 Å². The minimum atomic E-state index is -0.530. The predicted molar refractivity (Wildman–Crippen MR) is 118 cm³/mol. The number of hydrogen-bond donors (Lipinski definition) is 1. The summed E-state index contributed by atoms with van der Waals surface area (Å²) in [4.78, 5) is 28.1. The molecule has 8 nitrogen and oxygen atoms in total. The van der Waals surface area contributed by atoms with Gasteiger partial charge in [-0.3, -0.25) is 14.9 Å². The van der Waals surface area contributed by atoms with Crippen molar-refractivity contribution in [1.82, 2.24) is 9.38 Å². The molecule has 0 aliphatic rings. The van der Waals surface area contributed by atoms with Crippen LogP contribution in [0.5, 0.6) is 5.75 Å². The van der Waals surface area contributed by atoms with Gasteiger partial charge < -0.3 is 14.5 Å². The van der Waals surface area contributed by atoms with Gasteiger partial charge >= 0.3 is 0 Å². The van der Waals surface area contributed by atoms with Gasteiger partial charge in [-0.1, -0.05) is 29.8 Å². The molecule has 0 saturated heterocycles. The van der Waals surface area contributed by atoms with E-state index in [4.69, 9.17) is 16.3 Å². The molecule has 0 aliphatic heterocycles. The van der Waals surface area contributed by atoms with Crippen LogP contribution in [0.15, 0.2) is 66.9 Å². The van der Waals surface area contributed by atoms with Crippen LogP contribution in [0.3, 0.4) is 0 Å². The summed E-state index contributed by atoms with van der Waals surface area (Å²) in [6.07, 6.45) is 1.83. The first-order chi connectivity index (χ1) is 15.0. The molecule has 31 heavy (non-hydrogen) atoms. The van der Waals surface area contributed by atoms with Crippen LogP contribution in [0.4, 0.5) is 11.4 Å². The number of ether oxygens (including phenoxy) is 1. The van der Waals surface area contributed by atoms with Crippen LogP contribution >= 0.6 is 11.6 Å². The van der Waals surface area contributed by atoms with Gasteiger partial charge in [0.1, 0.15) is 11.4 Å². The van der Waals surface area contributed by atoms with Crippen LogP contribution in [0.25, 0.3) is 16.9 Å². The molecular formula is C22H17ClN4O4. The molecule has 0 aliphatic carbocycles. The molecule has 0 bridgehead atoms. The third-order valence-electron chi connectivity index (χ3n) is 4.74. The second kappa shape index (κ2) is 8.45. The van der Waals surface area contributed by atoms with Gasteiger partial charge in [-0.2, -0.15) is 0 Å². The van der Waals surface area contributed by atoms with Crippen LogP contribution in [-0.2, 0) is 11.2 Å². The van der Waals surface area contributed by atoms with Crippen molar-refractivity contribution in [3.63, 3.8) is 0 Å². The molecule has 2 aromatic carbocycles. The average Bonchev–Trinajstić information content (AvgIpc) is 3.12. The molecule has 4 aromatic rings. The minimum Gasteiger partial charge on any atom is -0.495 e. The fourth-order valence-electron chi connectivity index (χ4n) is 3.31. The molecule has 9 heteroatoms. The van der Waals surface area contributed by atoms with Crippen molar-refractivity contribution in [1.29, 1.82) is 0 Å². The number of anilines is 1. The van der Waals surface area contributed by atoms with Crippen LogP contribution in [-0.4, -0.2) is 27.3 Å². The first kappa shape index (κ1) is 20.4. The Labute approximate surface area is 182 Å². The molecule has 1 amide bonds. The number of carbonyl (C=O) groups is 1. The Morgan fingerprint density at radius 3 is 2.68 bits per heavy atom. The predicted octanol–water partition coefficient (Wildman–Crippen LogP) is 4.75. The Morgan fingerprint density at radius 1 is 1.19 bits per heavy atom. The number of imidazole rings is 1. The second-order valence-corrected chi connectivity index (χ2v) is 7.15. The normalized spacial score (nSPS) is 10.8. The van der Waals surface area contributed by atoms with E-state index in [0.29, 0.717) is 27.8 Å². The quantitative estimate of drug-likeness (QED) is 0.347. The molecule has 2 aromatic heterocycles. The topological polar surface area (TPSA) is 98.8 Å². The van der Waals surface area contributed by atoms with Crippen molar-refractivity contribution in [2.24, 2.45) is 0 Å². The summed E-state index contributed by atoms with van der Waals surface area (Å²) in [5, 5.41) is 14.4. The number of fused-ring (bicyclic) bond motifs is 1. The fourth-order valence-corrected chi connectivity index (χ4v) is 3.43. The maximum Gasteiger partial charge on any atom is 0.271 e. The third kappa shape index (κ3) is 4.19. The number of hydrogen-bond acceptors (Lipinski definition) is 5. The number of nitrogens with zero attached hydrogens (tertiary/aromatic N) is 3. The van der Waals surface area contributed by atoms with E-state index in [1.807, 2.05) is 40.9 Å². The summed E-state index contributed by atoms with van der Waals surface area (Å²) >= 11 is 6.01. The number of pyridine rings is 1. The van der Waals surface area contributed by atoms with E-state index in [9.17, 15) is 14.9 Å². The molecule has 0 spiro atoms. The number of carbonyl (C=O) groups excluding carboxylic acids is 1. The standard InChI is InChI=1S/C22H17ClN4O4/c1-31-19-10-9-16(27(29)30)12-17(19)24-21(28)13-18-22(14-5-7-15(23)8-6-14)25-20-4-2-3-11-26(18)20/h2-12H,13H2,1H3,(H,24,28). The Morgan fingerprint density at radius 2 is 1.97 bits per heavy atom. The maximum atomic E-state index is 12.9. The summed E-state index contributed by atoms with van der Waals surface area (Å²) in [6.45, 7) is 0. The lowest BCUT2D eigenvalue weighted by Gasteiger charge is -2.11. The van der Waals surface area contributed by atoms with Gasteiger partial charge in [-0.15, -0.1) is 0 Å². The lowest BCUT2D eigenvalue weighted by Crippen LogP contribution is -2.16. The first-order valence-electron chi connectivity index (χ1n) is 9.30. The first-order valence-corrected chi connectivity index (χ1v) is 9.68. The van der Waals surface area contributed by atoms with Crippen molar-refractivity contribution in [2.75, 3.05) is 12.4 Å². The number of nitro benzene ring substituents is 1. The van der Waals surface area contributed by atoms with Crippen LogP contribution < -0.4 is 10.1 Å². The number of nitro groups is 1. The van der Waals surface area contributed by atoms with Crippen LogP contribution in [0.1, 0.15) is 5.69 Å². The smallest absolute Gasteiger partial charge is 0.271 e. The number of methoxy groups -OCH3 is 1. The Hall–Kier alpha value is -3.91. The van der Waals surface area contributed by atoms with E-state index < -0.39 is 4.92 Å². The fraction of sp³-hybridized carbons (Fsp3) is 0.0909. The van der Waals surface area contributed by atoms with E-state index in [-0.39, 0.29) is 23.7 Å². The molecule has 0 radical (unpaired) electrons. The second-order valence-electron chi connectivity index (χ2n) is 6.71. The molecule has 0 atom stereocenters. The summed E-state index contributed by atoms with van der Waals surface area (Å²) in [6, 6.07) is 16.8. The number of non-ortho nitro benzene ring substituents is 1. The molecule has 0 unspecified atom stereocenters. The molecule has 0 saturated carbocycles. The molecule has 156 valence electrons. The van der Waals surface area contributed by atoms with Crippen molar-refractivity contribution in [3.8, 4) is 17.0 Å². The van der Waals surface area contributed by atoms with Crippen molar-refractivity contribution < 1.29 is 14.5 Å². The Balaban J connectivity index is 1.69. The molecule has 0 fully saturated rings. The van der Waals surface area contributed by atoms with E-state index in [1.54, 1.807) is 12.1 Å². The van der Waals surface area contributed by atoms with Gasteiger partial charge in [-0.05, 0) is 30.3 Å². The Bertz CT molecular complexity index is 1280. The zero-order chi connectivity index (χ0) is 22.0. The number of halogens is 1. The highest BCUT2D eigenvalue weighted by Gasteiger charge is 2.19. The van der Waals surface area contributed by atoms with Gasteiger partial charge in [0.25, 0.3) is 5.69 Å². The zero-order valence-corrected chi connectivity index (χ0v) is 17.2. The average molecular weight is 437 g/mol. The summed E-state index contributed by atoms with van der Waals surface area (Å²) in [5.74, 6) is -0.0327. The lowest BCUT2D eigenvalue weighted by molar-refractivity contribution is -0.384. The number of rotatable bonds is 6. The van der Waals surface area contributed by atoms with Crippen LogP contribution in [0.2, 0.25) is 5.02 Å². The van der Waals surface area contributed by atoms with Gasteiger partial charge in [0.15, 0.2) is 0 Å². The van der Waals surface area contributed by atoms with E-state index in [1.165, 1.54) is 25.3 Å². The number of benzene rings is 2. The molecular weight excluding hydrogens is 420 g/mol. The monoisotopic (exact) mass is 436 g/mol. The largest absolute Gasteiger partial charge is 0.495 e. The van der Waals surface area contributed by atoms with Gasteiger partial charge in [-0.25, -0.2) is 4.98 Å². The summed E-state index contributed by atoms with van der Waals surface area (Å²) in [5.41, 5.74) is 2.94. The van der Waals surface area contributed by atoms with E-state index >= 15 is 0 Å². The van der Waals surface area contributed by atoms with Crippen molar-refractivity contribution in [3.05, 3.63) is 87.7 Å². The lowest BCUT2D eigenvalue weighted by atomic mass is 10.1. The molecule has 2 heterocycles. The SMILES string of the molecule is COc1ccc([N+](=O)[O-])cc1NC(=O)Cc1c(-c2ccc(Cl)cc2)nc2ccccn12. The van der Waals surface area contributed by atoms with Crippen molar-refractivity contribution >= 4 is 34.5 Å². The van der Waals surface area contributed by atoms with Gasteiger partial charge in [0.2, 0.25) is 5.91 Å². The minimum absolute atomic E-state index is 0.00497. The summed E-state index contributed by atoms with van der Waals surface area (Å²) < 4.78 is 7.06. The summed E-state index contributed by atoms with van der Waals surface area (Å²) in [7, 11) is 1.43. The van der Waals surface area contributed by atoms with Gasteiger partial charge in [0.05, 0.1) is 35.5 Å². The number of nitrogens with one attached hydrogen (secondary N) is 1. The third-order valence-corrected chi connectivity index (χ3v) is 4.99. The highest BCUT2D eigenvalue weighted by Crippen LogP contribution is 2.30.